The summed E-state index contributed by atoms with van der Waals surface area (Å²) in [6.45, 7) is 2.87. The van der Waals surface area contributed by atoms with Crippen molar-refractivity contribution in [1.29, 1.82) is 0 Å². The van der Waals surface area contributed by atoms with E-state index in [0.29, 0.717) is 13.0 Å². The van der Waals surface area contributed by atoms with Gasteiger partial charge >= 0.3 is 6.18 Å². The molecule has 3 N–H and O–H groups in total. The van der Waals surface area contributed by atoms with Gasteiger partial charge in [0.15, 0.2) is 0 Å². The van der Waals surface area contributed by atoms with Crippen molar-refractivity contribution in [3.8, 4) is 0 Å². The van der Waals surface area contributed by atoms with Crippen LogP contribution in [0, 0.1) is 0 Å². The van der Waals surface area contributed by atoms with E-state index in [1.807, 2.05) is 0 Å². The van der Waals surface area contributed by atoms with E-state index in [9.17, 15) is 18.0 Å². The molecule has 1 amide bonds. The Morgan fingerprint density at radius 3 is 2.41 bits per heavy atom. The highest BCUT2D eigenvalue weighted by atomic mass is 19.4. The van der Waals surface area contributed by atoms with E-state index in [1.54, 1.807) is 13.8 Å². The number of amides is 1. The molecule has 0 unspecified atom stereocenters. The van der Waals surface area contributed by atoms with Crippen LogP contribution in [0.5, 0.6) is 0 Å². The Hall–Kier alpha value is -0.820. The molecule has 0 radical (unpaired) electrons. The minimum absolute atomic E-state index is 0.0269. The van der Waals surface area contributed by atoms with Crippen LogP contribution in [-0.4, -0.2) is 37.4 Å². The van der Waals surface area contributed by atoms with Gasteiger partial charge in [0, 0.05) is 18.6 Å². The van der Waals surface area contributed by atoms with Crippen LogP contribution in [0.1, 0.15) is 26.7 Å². The molecule has 0 bridgehead atoms. The lowest BCUT2D eigenvalue weighted by Crippen LogP contribution is -2.43. The molecule has 0 fully saturated rings. The first-order valence-corrected chi connectivity index (χ1v) is 5.30. The molecular formula is C10H19F3N2O2. The largest absolute Gasteiger partial charge is 0.411 e. The van der Waals surface area contributed by atoms with Crippen LogP contribution >= 0.6 is 0 Å². The lowest BCUT2D eigenvalue weighted by atomic mass is 10.0. The zero-order valence-electron chi connectivity index (χ0n) is 10.1. The summed E-state index contributed by atoms with van der Waals surface area (Å²) in [6.07, 6.45) is -3.66. The number of nitrogens with two attached hydrogens (primary N) is 1. The second-order valence-electron chi connectivity index (χ2n) is 4.48. The standard InChI is InChI=1S/C10H19F3N2O2/c1-9(2,6-8(14)16)15-4-3-5-17-7-10(11,12)13/h15H,3-7H2,1-2H3,(H2,14,16). The van der Waals surface area contributed by atoms with Gasteiger partial charge in [-0.1, -0.05) is 0 Å². The van der Waals surface area contributed by atoms with Crippen molar-refractivity contribution >= 4 is 5.91 Å². The molecule has 0 rings (SSSR count). The Balaban J connectivity index is 3.54. The van der Waals surface area contributed by atoms with Crippen molar-refractivity contribution in [3.05, 3.63) is 0 Å². The molecule has 0 aromatic carbocycles. The van der Waals surface area contributed by atoms with Crippen LogP contribution in [0.2, 0.25) is 0 Å². The number of hydrogen-bond donors (Lipinski definition) is 2. The zero-order valence-corrected chi connectivity index (χ0v) is 10.1. The molecule has 17 heavy (non-hydrogen) atoms. The van der Waals surface area contributed by atoms with Gasteiger partial charge in [-0.15, -0.1) is 0 Å². The Bertz CT molecular complexity index is 242. The van der Waals surface area contributed by atoms with Gasteiger partial charge in [-0.25, -0.2) is 0 Å². The number of primary amides is 1. The molecule has 0 aromatic rings. The van der Waals surface area contributed by atoms with E-state index < -0.39 is 24.2 Å². The van der Waals surface area contributed by atoms with Crippen LogP contribution in [0.25, 0.3) is 0 Å². The predicted octanol–water partition coefficient (Wildman–Crippen LogP) is 1.20. The molecule has 0 atom stereocenters. The molecule has 102 valence electrons. The van der Waals surface area contributed by atoms with Gasteiger partial charge in [-0.2, -0.15) is 13.2 Å². The minimum Gasteiger partial charge on any atom is -0.372 e. The third-order valence-corrected chi connectivity index (χ3v) is 1.95. The van der Waals surface area contributed by atoms with Crippen LogP contribution in [0.4, 0.5) is 13.2 Å². The molecule has 4 nitrogen and oxygen atoms in total. The summed E-state index contributed by atoms with van der Waals surface area (Å²) >= 11 is 0. The van der Waals surface area contributed by atoms with E-state index in [2.05, 4.69) is 10.1 Å². The molecule has 0 aliphatic rings. The lowest BCUT2D eigenvalue weighted by Gasteiger charge is -2.24. The Morgan fingerprint density at radius 2 is 1.94 bits per heavy atom. The quantitative estimate of drug-likeness (QED) is 0.641. The van der Waals surface area contributed by atoms with Gasteiger partial charge in [0.2, 0.25) is 5.91 Å². The Morgan fingerprint density at radius 1 is 1.35 bits per heavy atom. The van der Waals surface area contributed by atoms with Crippen molar-refractivity contribution in [3.63, 3.8) is 0 Å². The number of rotatable bonds is 8. The first kappa shape index (κ1) is 16.2. The normalized spacial score (nSPS) is 12.8. The van der Waals surface area contributed by atoms with E-state index in [-0.39, 0.29) is 13.0 Å². The third-order valence-electron chi connectivity index (χ3n) is 1.95. The summed E-state index contributed by atoms with van der Waals surface area (Å²) in [5.74, 6) is -0.421. The summed E-state index contributed by atoms with van der Waals surface area (Å²) in [5, 5.41) is 3.03. The number of ether oxygens (including phenoxy) is 1. The molecule has 0 aromatic heterocycles. The Kier molecular flexibility index (Phi) is 6.48. The average Bonchev–Trinajstić information content (AvgIpc) is 2.06. The van der Waals surface area contributed by atoms with Crippen molar-refractivity contribution in [2.45, 2.75) is 38.4 Å². The average molecular weight is 256 g/mol. The summed E-state index contributed by atoms with van der Waals surface area (Å²) < 4.78 is 39.6. The van der Waals surface area contributed by atoms with Gasteiger partial charge in [0.1, 0.15) is 6.61 Å². The van der Waals surface area contributed by atoms with Gasteiger partial charge in [-0.05, 0) is 26.8 Å². The molecule has 0 spiro atoms. The van der Waals surface area contributed by atoms with E-state index in [1.165, 1.54) is 0 Å². The maximum Gasteiger partial charge on any atom is 0.411 e. The highest BCUT2D eigenvalue weighted by Crippen LogP contribution is 2.14. The van der Waals surface area contributed by atoms with E-state index in [4.69, 9.17) is 5.73 Å². The topological polar surface area (TPSA) is 64.4 Å². The lowest BCUT2D eigenvalue weighted by molar-refractivity contribution is -0.174. The van der Waals surface area contributed by atoms with Crippen molar-refractivity contribution in [1.82, 2.24) is 5.32 Å². The Labute approximate surface area is 98.7 Å². The monoisotopic (exact) mass is 256 g/mol. The molecule has 0 saturated carbocycles. The van der Waals surface area contributed by atoms with Crippen LogP contribution in [0.3, 0.4) is 0 Å². The SMILES string of the molecule is CC(C)(CC(N)=O)NCCCOCC(F)(F)F. The smallest absolute Gasteiger partial charge is 0.372 e. The van der Waals surface area contributed by atoms with Crippen LogP contribution in [-0.2, 0) is 9.53 Å². The maximum atomic E-state index is 11.7. The van der Waals surface area contributed by atoms with Crippen LogP contribution in [0.15, 0.2) is 0 Å². The number of hydrogen-bond acceptors (Lipinski definition) is 3. The summed E-state index contributed by atoms with van der Waals surface area (Å²) in [4.78, 5) is 10.7. The van der Waals surface area contributed by atoms with Crippen molar-refractivity contribution in [2.24, 2.45) is 5.73 Å². The molecule has 7 heteroatoms. The number of halogens is 3. The fourth-order valence-electron chi connectivity index (χ4n) is 1.29. The maximum absolute atomic E-state index is 11.7. The highest BCUT2D eigenvalue weighted by Gasteiger charge is 2.27. The second kappa shape index (κ2) is 6.80. The minimum atomic E-state index is -4.28. The van der Waals surface area contributed by atoms with Gasteiger partial charge in [0.05, 0.1) is 0 Å². The molecule has 0 heterocycles. The second-order valence-corrected chi connectivity index (χ2v) is 4.48. The van der Waals surface area contributed by atoms with Crippen molar-refractivity contribution < 1.29 is 22.7 Å². The van der Waals surface area contributed by atoms with Gasteiger partial charge in [-0.3, -0.25) is 4.79 Å². The third kappa shape index (κ3) is 11.4. The summed E-state index contributed by atoms with van der Waals surface area (Å²) in [5.41, 5.74) is 4.60. The molecule has 0 saturated heterocycles. The highest BCUT2D eigenvalue weighted by molar-refractivity contribution is 5.74. The molecule has 0 aliphatic carbocycles. The predicted molar refractivity (Wildman–Crippen MR) is 57.4 cm³/mol. The van der Waals surface area contributed by atoms with Crippen LogP contribution < -0.4 is 11.1 Å². The number of carbonyl (C=O) groups is 1. The number of alkyl halides is 3. The summed E-state index contributed by atoms with van der Waals surface area (Å²) in [6, 6.07) is 0. The molecule has 0 aliphatic heterocycles. The van der Waals surface area contributed by atoms with Gasteiger partial charge in [0.25, 0.3) is 0 Å². The number of nitrogens with one attached hydrogen (secondary N) is 1. The summed E-state index contributed by atoms with van der Waals surface area (Å²) in [7, 11) is 0. The molecular weight excluding hydrogens is 237 g/mol. The first-order valence-electron chi connectivity index (χ1n) is 5.30. The zero-order chi connectivity index (χ0) is 13.5. The first-order chi connectivity index (χ1) is 7.62. The fraction of sp³-hybridized carbons (Fsp3) is 0.900. The van der Waals surface area contributed by atoms with Gasteiger partial charge < -0.3 is 15.8 Å². The van der Waals surface area contributed by atoms with E-state index in [0.717, 1.165) is 0 Å². The number of carbonyl (C=O) groups excluding carboxylic acids is 1. The van der Waals surface area contributed by atoms with E-state index >= 15 is 0 Å². The fourth-order valence-corrected chi connectivity index (χ4v) is 1.29. The van der Waals surface area contributed by atoms with Crippen molar-refractivity contribution in [2.75, 3.05) is 19.8 Å².